The van der Waals surface area contributed by atoms with Crippen molar-refractivity contribution in [1.82, 2.24) is 4.57 Å². The fourth-order valence-corrected chi connectivity index (χ4v) is 4.41. The maximum absolute atomic E-state index is 2.74. The van der Waals surface area contributed by atoms with Crippen molar-refractivity contribution >= 4 is 9.84 Å². The molecule has 72 valence electrons. The van der Waals surface area contributed by atoms with Crippen LogP contribution >= 0.6 is 0 Å². The third-order valence-corrected chi connectivity index (χ3v) is 5.50. The molecule has 1 saturated heterocycles. The molecule has 1 fully saturated rings. The molecule has 1 rings (SSSR count). The Balaban J connectivity index is 2.39. The second-order valence-corrected chi connectivity index (χ2v) is 6.98. The van der Waals surface area contributed by atoms with Gasteiger partial charge in [0.2, 0.25) is 0 Å². The summed E-state index contributed by atoms with van der Waals surface area (Å²) in [5, 5.41) is 0. The summed E-state index contributed by atoms with van der Waals surface area (Å²) in [5.41, 5.74) is 0. The SMILES string of the molecule is CCCN1CCC[N+](C)(CC)[SiH2]1. The molecule has 1 heterocycles. The lowest BCUT2D eigenvalue weighted by atomic mass is 10.3. The Labute approximate surface area is 79.1 Å². The fourth-order valence-electron chi connectivity index (χ4n) is 2.06. The van der Waals surface area contributed by atoms with Gasteiger partial charge in [0.15, 0.2) is 0 Å². The topological polar surface area (TPSA) is 3.24 Å². The normalized spacial score (nSPS) is 34.2. The predicted molar refractivity (Wildman–Crippen MR) is 56.6 cm³/mol. The summed E-state index contributed by atoms with van der Waals surface area (Å²) in [7, 11) is 2.44. The minimum absolute atomic E-state index is 0.000170. The maximum atomic E-state index is 2.74. The fraction of sp³-hybridized carbons (Fsp3) is 1.00. The first-order valence-corrected chi connectivity index (χ1v) is 6.52. The molecule has 2 nitrogen and oxygen atoms in total. The Morgan fingerprint density at radius 2 is 2.17 bits per heavy atom. The van der Waals surface area contributed by atoms with Gasteiger partial charge in [0.1, 0.15) is 0 Å². The number of hydrogen-bond donors (Lipinski definition) is 0. The van der Waals surface area contributed by atoms with E-state index < -0.39 is 0 Å². The molecule has 0 aliphatic carbocycles. The van der Waals surface area contributed by atoms with Crippen molar-refractivity contribution in [3.05, 3.63) is 0 Å². The molecule has 0 radical (unpaired) electrons. The van der Waals surface area contributed by atoms with Gasteiger partial charge in [-0.05, 0) is 19.9 Å². The standard InChI is InChI=1S/C9H23N2Si/c1-4-7-10-8-6-9-11(3,5-2)12-10/h4-9,12H2,1-3H3/q+1. The lowest BCUT2D eigenvalue weighted by Crippen LogP contribution is -2.59. The van der Waals surface area contributed by atoms with E-state index in [1.54, 1.807) is 0 Å². The van der Waals surface area contributed by atoms with Crippen molar-refractivity contribution in [3.8, 4) is 0 Å². The molecule has 0 spiro atoms. The molecule has 0 bridgehead atoms. The summed E-state index contributed by atoms with van der Waals surface area (Å²) in [6.07, 6.45) is 2.74. The van der Waals surface area contributed by atoms with Crippen molar-refractivity contribution < 1.29 is 4.15 Å². The van der Waals surface area contributed by atoms with Gasteiger partial charge < -0.3 is 4.15 Å². The van der Waals surface area contributed by atoms with E-state index in [4.69, 9.17) is 0 Å². The van der Waals surface area contributed by atoms with E-state index >= 15 is 0 Å². The first-order chi connectivity index (χ1) is 5.70. The summed E-state index contributed by atoms with van der Waals surface area (Å²) in [6, 6.07) is 0. The minimum Gasteiger partial charge on any atom is -0.378 e. The summed E-state index contributed by atoms with van der Waals surface area (Å²) in [5.74, 6) is 0. The molecule has 0 saturated carbocycles. The van der Waals surface area contributed by atoms with E-state index in [1.165, 1.54) is 43.2 Å². The highest BCUT2D eigenvalue weighted by atomic mass is 28.2. The third-order valence-electron chi connectivity index (χ3n) is 3.02. The third kappa shape index (κ3) is 2.57. The second kappa shape index (κ2) is 4.39. The van der Waals surface area contributed by atoms with E-state index in [0.29, 0.717) is 0 Å². The van der Waals surface area contributed by atoms with Gasteiger partial charge in [-0.25, -0.2) is 0 Å². The van der Waals surface area contributed by atoms with Crippen LogP contribution in [0.2, 0.25) is 0 Å². The van der Waals surface area contributed by atoms with Crippen LogP contribution in [0.1, 0.15) is 26.7 Å². The van der Waals surface area contributed by atoms with Gasteiger partial charge in [0.05, 0.1) is 20.1 Å². The second-order valence-electron chi connectivity index (χ2n) is 4.27. The zero-order valence-corrected chi connectivity index (χ0v) is 10.3. The highest BCUT2D eigenvalue weighted by molar-refractivity contribution is 6.22. The van der Waals surface area contributed by atoms with E-state index in [9.17, 15) is 0 Å². The van der Waals surface area contributed by atoms with Crippen molar-refractivity contribution in [2.45, 2.75) is 26.7 Å². The Morgan fingerprint density at radius 1 is 1.42 bits per heavy atom. The summed E-state index contributed by atoms with van der Waals surface area (Å²) in [6.45, 7) is 10.1. The quantitative estimate of drug-likeness (QED) is 0.584. The highest BCUT2D eigenvalue weighted by Gasteiger charge is 2.27. The van der Waals surface area contributed by atoms with Crippen LogP contribution in [0.4, 0.5) is 0 Å². The lowest BCUT2D eigenvalue weighted by molar-refractivity contribution is -0.806. The van der Waals surface area contributed by atoms with Crippen LogP contribution in [-0.4, -0.2) is 51.8 Å². The zero-order valence-electron chi connectivity index (χ0n) is 8.84. The van der Waals surface area contributed by atoms with Crippen LogP contribution in [0.5, 0.6) is 0 Å². The van der Waals surface area contributed by atoms with Crippen molar-refractivity contribution in [2.75, 3.05) is 33.2 Å². The van der Waals surface area contributed by atoms with Crippen LogP contribution < -0.4 is 0 Å². The molecule has 1 atom stereocenters. The Hall–Kier alpha value is 0.137. The largest absolute Gasteiger partial charge is 0.378 e. The number of nitrogens with zero attached hydrogens (tertiary/aromatic N) is 2. The molecule has 0 aromatic heterocycles. The molecule has 0 N–H and O–H groups in total. The van der Waals surface area contributed by atoms with Crippen LogP contribution in [0.15, 0.2) is 0 Å². The number of quaternary nitrogens is 1. The lowest BCUT2D eigenvalue weighted by Gasteiger charge is -2.42. The first-order valence-electron chi connectivity index (χ1n) is 5.26. The van der Waals surface area contributed by atoms with Gasteiger partial charge in [-0.3, -0.25) is 4.57 Å². The smallest absolute Gasteiger partial charge is 0.337 e. The summed E-state index contributed by atoms with van der Waals surface area (Å²) in [4.78, 5) is 0. The van der Waals surface area contributed by atoms with Gasteiger partial charge in [-0.2, -0.15) is 0 Å². The Morgan fingerprint density at radius 3 is 2.75 bits per heavy atom. The average Bonchev–Trinajstić information content (AvgIpc) is 2.05. The van der Waals surface area contributed by atoms with Crippen LogP contribution in [-0.2, 0) is 0 Å². The van der Waals surface area contributed by atoms with Crippen LogP contribution in [0, 0.1) is 0 Å². The maximum Gasteiger partial charge on any atom is 0.337 e. The van der Waals surface area contributed by atoms with E-state index in [-0.39, 0.29) is 9.84 Å². The molecule has 0 amide bonds. The first kappa shape index (κ1) is 10.2. The molecule has 12 heavy (non-hydrogen) atoms. The minimum atomic E-state index is -0.000170. The summed E-state index contributed by atoms with van der Waals surface area (Å²) < 4.78 is 4.13. The van der Waals surface area contributed by atoms with Gasteiger partial charge in [0.25, 0.3) is 0 Å². The van der Waals surface area contributed by atoms with Crippen LogP contribution in [0.3, 0.4) is 0 Å². The van der Waals surface area contributed by atoms with Crippen molar-refractivity contribution in [1.29, 1.82) is 0 Å². The zero-order chi connectivity index (χ0) is 9.03. The Bertz CT molecular complexity index is 138. The predicted octanol–water partition coefficient (Wildman–Crippen LogP) is 0.567. The molecular formula is C9H23N2Si+. The highest BCUT2D eigenvalue weighted by Crippen LogP contribution is 2.10. The van der Waals surface area contributed by atoms with E-state index in [0.717, 1.165) is 0 Å². The molecule has 3 heteroatoms. The van der Waals surface area contributed by atoms with Crippen LogP contribution in [0.25, 0.3) is 0 Å². The molecule has 0 aromatic carbocycles. The molecular weight excluding hydrogens is 164 g/mol. The van der Waals surface area contributed by atoms with Gasteiger partial charge >= 0.3 is 9.84 Å². The van der Waals surface area contributed by atoms with Gasteiger partial charge in [-0.1, -0.05) is 6.92 Å². The molecule has 0 aromatic rings. The average molecular weight is 187 g/mol. The van der Waals surface area contributed by atoms with Crippen molar-refractivity contribution in [3.63, 3.8) is 0 Å². The van der Waals surface area contributed by atoms with Gasteiger partial charge in [0, 0.05) is 13.0 Å². The van der Waals surface area contributed by atoms with Crippen molar-refractivity contribution in [2.24, 2.45) is 0 Å². The monoisotopic (exact) mass is 187 g/mol. The molecule has 1 aliphatic heterocycles. The molecule has 1 unspecified atom stereocenters. The van der Waals surface area contributed by atoms with Gasteiger partial charge in [-0.15, -0.1) is 0 Å². The van der Waals surface area contributed by atoms with E-state index in [2.05, 4.69) is 25.5 Å². The number of rotatable bonds is 3. The van der Waals surface area contributed by atoms with E-state index in [1.807, 2.05) is 0 Å². The summed E-state index contributed by atoms with van der Waals surface area (Å²) >= 11 is 0. The number of hydrogen-bond acceptors (Lipinski definition) is 1. The Kier molecular flexibility index (Phi) is 3.74. The molecule has 1 aliphatic rings.